The van der Waals surface area contributed by atoms with Crippen LogP contribution in [-0.4, -0.2) is 27.2 Å². The van der Waals surface area contributed by atoms with E-state index in [0.717, 1.165) is 38.8 Å². The van der Waals surface area contributed by atoms with Crippen molar-refractivity contribution in [2.75, 3.05) is 11.9 Å². The number of hydrogen-bond acceptors (Lipinski definition) is 6. The number of alkyl halides is 2. The summed E-state index contributed by atoms with van der Waals surface area (Å²) >= 11 is 38.6. The number of rotatable bonds is 9. The number of aryl methyl sites for hydroxylation is 3. The molecule has 18 heteroatoms. The second-order valence-electron chi connectivity index (χ2n) is 12.2. The molecule has 0 aliphatic rings. The lowest BCUT2D eigenvalue weighted by Gasteiger charge is -2.11. The predicted octanol–water partition coefficient (Wildman–Crippen LogP) is 15.0. The van der Waals surface area contributed by atoms with Crippen molar-refractivity contribution in [3.63, 3.8) is 0 Å². The van der Waals surface area contributed by atoms with Gasteiger partial charge < -0.3 is 27.6 Å². The monoisotopic (exact) mass is 1200 g/mol. The van der Waals surface area contributed by atoms with Crippen LogP contribution < -0.4 is 22.5 Å². The van der Waals surface area contributed by atoms with E-state index in [4.69, 9.17) is 68.7 Å². The summed E-state index contributed by atoms with van der Waals surface area (Å²) in [4.78, 5) is 8.93. The molecule has 0 radical (unpaired) electrons. The number of aliphatic imine (C=N–C) groups is 2. The number of aliphatic hydroxyl groups excluding tert-OH is 1. The van der Waals surface area contributed by atoms with E-state index in [1.165, 1.54) is 51.3 Å². The van der Waals surface area contributed by atoms with Gasteiger partial charge in [-0.2, -0.15) is 0 Å². The van der Waals surface area contributed by atoms with Crippen LogP contribution in [-0.2, 0) is 22.2 Å². The molecule has 0 aromatic heterocycles. The van der Waals surface area contributed by atoms with E-state index in [1.54, 1.807) is 6.92 Å². The minimum absolute atomic E-state index is 0. The maximum Gasteiger partial charge on any atom is 0.168 e. The normalized spacial score (nSPS) is 10.6. The Bertz CT molecular complexity index is 2000. The molecular formula is C42H48Br4Cl4N6OS3. The van der Waals surface area contributed by atoms with Crippen molar-refractivity contribution in [1.82, 2.24) is 0 Å². The second-order valence-corrected chi connectivity index (χ2v) is 17.3. The Morgan fingerprint density at radius 2 is 0.883 bits per heavy atom. The van der Waals surface area contributed by atoms with E-state index in [2.05, 4.69) is 59.4 Å². The van der Waals surface area contributed by atoms with E-state index in [-0.39, 0.29) is 40.6 Å². The van der Waals surface area contributed by atoms with Gasteiger partial charge in [0.05, 0.1) is 31.5 Å². The second kappa shape index (κ2) is 32.2. The number of nitrogens with two attached hydrogens (primary N) is 3. The van der Waals surface area contributed by atoms with Crippen LogP contribution >= 0.6 is 148 Å². The lowest BCUT2D eigenvalue weighted by atomic mass is 10.1. The molecule has 0 spiro atoms. The van der Waals surface area contributed by atoms with Crippen molar-refractivity contribution in [1.29, 1.82) is 0 Å². The highest BCUT2D eigenvalue weighted by Crippen LogP contribution is 2.32. The first-order valence-corrected chi connectivity index (χ1v) is 23.6. The average molecular weight is 1210 g/mol. The molecule has 0 aliphatic heterocycles. The molecule has 60 heavy (non-hydrogen) atoms. The Kier molecular flexibility index (Phi) is 31.4. The van der Waals surface area contributed by atoms with Gasteiger partial charge in [0.2, 0.25) is 0 Å². The van der Waals surface area contributed by atoms with Gasteiger partial charge in [-0.15, -0.1) is 34.0 Å². The number of aliphatic hydroxyl groups is 1. The molecule has 0 unspecified atom stereocenters. The lowest BCUT2D eigenvalue weighted by molar-refractivity contribution is 0.318. The fourth-order valence-electron chi connectivity index (χ4n) is 4.42. The van der Waals surface area contributed by atoms with E-state index in [0.29, 0.717) is 47.0 Å². The molecule has 0 bridgehead atoms. The molecule has 0 fully saturated rings. The zero-order valence-electron chi connectivity index (χ0n) is 33.2. The molecule has 7 nitrogen and oxygen atoms in total. The molecule has 8 N–H and O–H groups in total. The van der Waals surface area contributed by atoms with Crippen LogP contribution in [0.1, 0.15) is 45.9 Å². The van der Waals surface area contributed by atoms with Gasteiger partial charge in [-0.25, -0.2) is 9.98 Å². The highest BCUT2D eigenvalue weighted by Gasteiger charge is 2.11. The number of nitrogens with zero attached hydrogens (tertiary/aromatic N) is 2. The van der Waals surface area contributed by atoms with Crippen molar-refractivity contribution in [3.8, 4) is 0 Å². The number of amidine groups is 2. The van der Waals surface area contributed by atoms with Gasteiger partial charge in [0.1, 0.15) is 0 Å². The smallest absolute Gasteiger partial charge is 0.168 e. The third-order valence-corrected chi connectivity index (χ3v) is 11.8. The highest BCUT2D eigenvalue weighted by atomic mass is 79.9. The van der Waals surface area contributed by atoms with Crippen LogP contribution in [0.25, 0.3) is 0 Å². The quantitative estimate of drug-likeness (QED) is 0.0426. The summed E-state index contributed by atoms with van der Waals surface area (Å²) in [5.41, 5.74) is 28.1. The van der Waals surface area contributed by atoms with Crippen molar-refractivity contribution in [2.45, 2.75) is 49.9 Å². The number of benzene rings is 5. The van der Waals surface area contributed by atoms with E-state index < -0.39 is 0 Å². The average Bonchev–Trinajstić information content (AvgIpc) is 3.18. The number of halogens is 8. The molecule has 5 aromatic carbocycles. The first kappa shape index (κ1) is 58.5. The Morgan fingerprint density at radius 3 is 1.17 bits per heavy atom. The molecule has 0 amide bonds. The molecule has 0 aliphatic carbocycles. The van der Waals surface area contributed by atoms with Crippen molar-refractivity contribution < 1.29 is 5.11 Å². The first-order chi connectivity index (χ1) is 27.6. The first-order valence-electron chi connectivity index (χ1n) is 17.5. The number of thioether (sulfide) groups is 2. The van der Waals surface area contributed by atoms with Gasteiger partial charge in [-0.05, 0) is 123 Å². The molecular weight excluding hydrogens is 1160 g/mol. The van der Waals surface area contributed by atoms with Crippen molar-refractivity contribution >= 4 is 180 Å². The number of hydrogen-bond donors (Lipinski definition) is 5. The van der Waals surface area contributed by atoms with E-state index in [9.17, 15) is 0 Å². The van der Waals surface area contributed by atoms with Gasteiger partial charge in [0.25, 0.3) is 0 Å². The summed E-state index contributed by atoms with van der Waals surface area (Å²) in [7, 11) is 0. The molecule has 0 heterocycles. The Hall–Kier alpha value is -1.53. The van der Waals surface area contributed by atoms with Gasteiger partial charge in [-0.1, -0.05) is 155 Å². The fraction of sp³-hybridized carbons (Fsp3) is 0.214. The SMILES string of the molecule is Br.Br.CCO.Cc1ccc(N=C(N)SCc2cc(Cl)c(Cl)cc2CSC(N)=Nc2ccc(C)cc2)cc1.Cc1ccc(NC(N)=S)cc1.Clc1cc(CBr)c(CBr)cc1Cl. The van der Waals surface area contributed by atoms with Crippen LogP contribution in [0.2, 0.25) is 20.1 Å². The van der Waals surface area contributed by atoms with E-state index >= 15 is 0 Å². The highest BCUT2D eigenvalue weighted by molar-refractivity contribution is 9.09. The summed E-state index contributed by atoms with van der Waals surface area (Å²) < 4.78 is 0. The van der Waals surface area contributed by atoms with Gasteiger partial charge in [0, 0.05) is 34.5 Å². The summed E-state index contributed by atoms with van der Waals surface area (Å²) in [6.07, 6.45) is 0. The summed E-state index contributed by atoms with van der Waals surface area (Å²) in [6.45, 7) is 8.03. The van der Waals surface area contributed by atoms with Crippen LogP contribution in [0.15, 0.2) is 107 Å². The largest absolute Gasteiger partial charge is 0.397 e. The molecule has 0 saturated heterocycles. The Labute approximate surface area is 426 Å². The van der Waals surface area contributed by atoms with Gasteiger partial charge in [-0.3, -0.25) is 0 Å². The minimum atomic E-state index is 0. The molecule has 5 rings (SSSR count). The minimum Gasteiger partial charge on any atom is -0.397 e. The molecule has 5 aromatic rings. The zero-order valence-corrected chi connectivity index (χ0v) is 45.2. The van der Waals surface area contributed by atoms with Crippen LogP contribution in [0.5, 0.6) is 0 Å². The maximum atomic E-state index is 7.57. The number of nitrogens with one attached hydrogen (secondary N) is 1. The summed E-state index contributed by atoms with van der Waals surface area (Å²) in [5.74, 6) is 1.23. The standard InChI is InChI=1S/C24H24Cl2N4S2.C8H6Br2Cl2.C8H10N2S.C2H6O.2BrH/c1-15-3-7-19(8-4-15)29-23(27)31-13-17-11-21(25)22(26)12-18(17)14-32-24(28)30-20-9-5-16(2)6-10-20;9-3-5-1-7(11)8(12)2-6(5)4-10;1-6-2-4-7(5-3-6)10-8(9)11;1-2-3;;/h3-12H,13-14H2,1-2H3,(H2,27,29)(H2,28,30);1-2H,3-4H2;2-5H,1H3,(H3,9,10,11);3H,2H2,1H3;2*1H. The summed E-state index contributed by atoms with van der Waals surface area (Å²) in [6, 6.07) is 31.2. The Morgan fingerprint density at radius 1 is 0.600 bits per heavy atom. The topological polar surface area (TPSA) is 135 Å². The van der Waals surface area contributed by atoms with Crippen LogP contribution in [0, 0.1) is 20.8 Å². The molecule has 0 atom stereocenters. The molecule has 0 saturated carbocycles. The molecule has 326 valence electrons. The number of thiocarbonyl (C=S) groups is 1. The van der Waals surface area contributed by atoms with Crippen molar-refractivity contribution in [3.05, 3.63) is 156 Å². The third kappa shape index (κ3) is 23.2. The predicted molar refractivity (Wildman–Crippen MR) is 291 cm³/mol. The zero-order chi connectivity index (χ0) is 43.2. The number of anilines is 1. The Balaban J connectivity index is 0.00000102. The third-order valence-electron chi connectivity index (χ3n) is 7.39. The van der Waals surface area contributed by atoms with Crippen LogP contribution in [0.4, 0.5) is 17.1 Å². The van der Waals surface area contributed by atoms with Gasteiger partial charge in [0.15, 0.2) is 15.4 Å². The van der Waals surface area contributed by atoms with Crippen LogP contribution in [0.3, 0.4) is 0 Å². The van der Waals surface area contributed by atoms with E-state index in [1.807, 2.05) is 118 Å². The maximum absolute atomic E-state index is 7.57. The lowest BCUT2D eigenvalue weighted by Crippen LogP contribution is -2.18. The van der Waals surface area contributed by atoms with Gasteiger partial charge >= 0.3 is 0 Å². The fourth-order valence-corrected chi connectivity index (χ4v) is 7.81. The van der Waals surface area contributed by atoms with Crippen molar-refractivity contribution in [2.24, 2.45) is 27.2 Å². The summed E-state index contributed by atoms with van der Waals surface area (Å²) in [5, 5.41) is 15.5.